The SMILES string of the molecule is CC/C=C(\C)c1nc2c3ncccc3ccn2c1Sc1ccc(Cl)cc1. The van der Waals surface area contributed by atoms with Gasteiger partial charge in [0.15, 0.2) is 5.65 Å². The maximum Gasteiger partial charge on any atom is 0.164 e. The van der Waals surface area contributed by atoms with Crippen molar-refractivity contribution >= 4 is 45.5 Å². The predicted octanol–water partition coefficient (Wildman–Crippen LogP) is 6.50. The largest absolute Gasteiger partial charge is 0.292 e. The fraction of sp³-hybridized carbons (Fsp3) is 0.143. The summed E-state index contributed by atoms with van der Waals surface area (Å²) >= 11 is 7.73. The van der Waals surface area contributed by atoms with E-state index in [0.29, 0.717) is 0 Å². The molecule has 26 heavy (non-hydrogen) atoms. The second-order valence-electron chi connectivity index (χ2n) is 6.07. The van der Waals surface area contributed by atoms with Gasteiger partial charge in [-0.1, -0.05) is 42.4 Å². The molecule has 0 N–H and O–H groups in total. The number of pyridine rings is 2. The maximum atomic E-state index is 6.03. The van der Waals surface area contributed by atoms with Crippen molar-refractivity contribution in [2.75, 3.05) is 0 Å². The number of allylic oxidation sites excluding steroid dienone is 2. The van der Waals surface area contributed by atoms with E-state index in [1.165, 1.54) is 5.57 Å². The molecule has 4 rings (SSSR count). The Hall–Kier alpha value is -2.30. The van der Waals surface area contributed by atoms with Crippen LogP contribution in [0.25, 0.3) is 22.1 Å². The van der Waals surface area contributed by atoms with E-state index in [1.807, 2.05) is 36.5 Å². The molecular weight excluding hydrogens is 362 g/mol. The third-order valence-electron chi connectivity index (χ3n) is 4.23. The number of imidazole rings is 1. The number of rotatable bonds is 4. The van der Waals surface area contributed by atoms with E-state index in [1.54, 1.807) is 11.8 Å². The molecule has 0 radical (unpaired) electrons. The first kappa shape index (κ1) is 17.1. The van der Waals surface area contributed by atoms with Gasteiger partial charge in [0.1, 0.15) is 10.5 Å². The zero-order valence-electron chi connectivity index (χ0n) is 14.6. The van der Waals surface area contributed by atoms with Gasteiger partial charge in [-0.05, 0) is 55.3 Å². The molecule has 0 saturated carbocycles. The zero-order valence-corrected chi connectivity index (χ0v) is 16.2. The van der Waals surface area contributed by atoms with Gasteiger partial charge >= 0.3 is 0 Å². The standard InChI is InChI=1S/C21H18ClN3S/c1-3-5-14(2)18-21(26-17-9-7-16(22)8-10-17)25-13-11-15-6-4-12-23-19(15)20(25)24-18/h4-13H,3H2,1-2H3/b14-5+. The minimum atomic E-state index is 0.741. The molecule has 0 fully saturated rings. The van der Waals surface area contributed by atoms with Crippen molar-refractivity contribution in [3.8, 4) is 0 Å². The molecule has 0 amide bonds. The summed E-state index contributed by atoms with van der Waals surface area (Å²) in [6.07, 6.45) is 7.08. The summed E-state index contributed by atoms with van der Waals surface area (Å²) in [5.74, 6) is 0. The lowest BCUT2D eigenvalue weighted by Gasteiger charge is -2.06. The summed E-state index contributed by atoms with van der Waals surface area (Å²) in [5, 5.41) is 2.93. The Balaban J connectivity index is 1.95. The molecule has 130 valence electrons. The van der Waals surface area contributed by atoms with Gasteiger partial charge in [-0.25, -0.2) is 4.98 Å². The topological polar surface area (TPSA) is 30.2 Å². The van der Waals surface area contributed by atoms with Crippen molar-refractivity contribution in [3.63, 3.8) is 0 Å². The highest BCUT2D eigenvalue weighted by atomic mass is 35.5. The van der Waals surface area contributed by atoms with Gasteiger partial charge in [-0.15, -0.1) is 0 Å². The van der Waals surface area contributed by atoms with E-state index < -0.39 is 0 Å². The van der Waals surface area contributed by atoms with Crippen molar-refractivity contribution in [1.29, 1.82) is 0 Å². The van der Waals surface area contributed by atoms with Crippen LogP contribution in [-0.4, -0.2) is 14.4 Å². The quantitative estimate of drug-likeness (QED) is 0.405. The Kier molecular flexibility index (Phi) is 4.70. The molecule has 0 atom stereocenters. The number of nitrogens with zero attached hydrogens (tertiary/aromatic N) is 3. The monoisotopic (exact) mass is 379 g/mol. The number of benzene rings is 1. The number of halogens is 1. The van der Waals surface area contributed by atoms with Crippen LogP contribution in [0.3, 0.4) is 0 Å². The van der Waals surface area contributed by atoms with Gasteiger partial charge in [0.25, 0.3) is 0 Å². The molecule has 0 aliphatic rings. The van der Waals surface area contributed by atoms with Crippen molar-refractivity contribution in [3.05, 3.63) is 71.7 Å². The molecule has 4 aromatic rings. The van der Waals surface area contributed by atoms with Crippen molar-refractivity contribution < 1.29 is 0 Å². The molecule has 0 bridgehead atoms. The average molecular weight is 380 g/mol. The van der Waals surface area contributed by atoms with Gasteiger partial charge in [0.05, 0.1) is 5.69 Å². The van der Waals surface area contributed by atoms with E-state index in [0.717, 1.165) is 43.6 Å². The first-order chi connectivity index (χ1) is 12.7. The third-order valence-corrected chi connectivity index (χ3v) is 5.58. The van der Waals surface area contributed by atoms with Crippen LogP contribution in [0.2, 0.25) is 5.02 Å². The molecule has 3 aromatic heterocycles. The van der Waals surface area contributed by atoms with Gasteiger partial charge in [0, 0.05) is 27.7 Å². The molecular formula is C21H18ClN3S. The minimum Gasteiger partial charge on any atom is -0.292 e. The van der Waals surface area contributed by atoms with Crippen LogP contribution in [0.15, 0.2) is 70.9 Å². The Morgan fingerprint density at radius 2 is 2.00 bits per heavy atom. The number of aromatic nitrogens is 3. The number of hydrogen-bond donors (Lipinski definition) is 0. The van der Waals surface area contributed by atoms with E-state index in [-0.39, 0.29) is 0 Å². The fourth-order valence-electron chi connectivity index (χ4n) is 2.99. The summed E-state index contributed by atoms with van der Waals surface area (Å²) in [5.41, 5.74) is 3.99. The second-order valence-corrected chi connectivity index (χ2v) is 7.57. The number of fused-ring (bicyclic) bond motifs is 3. The Labute approximate surface area is 161 Å². The summed E-state index contributed by atoms with van der Waals surface area (Å²) in [7, 11) is 0. The van der Waals surface area contributed by atoms with E-state index >= 15 is 0 Å². The van der Waals surface area contributed by atoms with Crippen LogP contribution in [0.4, 0.5) is 0 Å². The molecule has 0 spiro atoms. The summed E-state index contributed by atoms with van der Waals surface area (Å²) < 4.78 is 2.14. The van der Waals surface area contributed by atoms with Crippen LogP contribution in [0, 0.1) is 0 Å². The zero-order chi connectivity index (χ0) is 18.1. The molecule has 0 aliphatic heterocycles. The van der Waals surface area contributed by atoms with Crippen molar-refractivity contribution in [2.24, 2.45) is 0 Å². The maximum absolute atomic E-state index is 6.03. The van der Waals surface area contributed by atoms with Crippen LogP contribution >= 0.6 is 23.4 Å². The van der Waals surface area contributed by atoms with E-state index in [2.05, 4.69) is 47.6 Å². The lowest BCUT2D eigenvalue weighted by molar-refractivity contribution is 1.04. The minimum absolute atomic E-state index is 0.741. The van der Waals surface area contributed by atoms with Crippen LogP contribution < -0.4 is 0 Å². The Bertz CT molecular complexity index is 1110. The average Bonchev–Trinajstić information content (AvgIpc) is 3.03. The van der Waals surface area contributed by atoms with Gasteiger partial charge in [-0.2, -0.15) is 0 Å². The van der Waals surface area contributed by atoms with Gasteiger partial charge in [0.2, 0.25) is 0 Å². The smallest absolute Gasteiger partial charge is 0.164 e. The molecule has 1 aromatic carbocycles. The first-order valence-corrected chi connectivity index (χ1v) is 9.73. The Morgan fingerprint density at radius 1 is 1.19 bits per heavy atom. The fourth-order valence-corrected chi connectivity index (χ4v) is 4.16. The van der Waals surface area contributed by atoms with Crippen molar-refractivity contribution in [1.82, 2.24) is 14.4 Å². The highest BCUT2D eigenvalue weighted by Crippen LogP contribution is 2.36. The highest BCUT2D eigenvalue weighted by Gasteiger charge is 2.17. The van der Waals surface area contributed by atoms with Crippen LogP contribution in [0.5, 0.6) is 0 Å². The predicted molar refractivity (Wildman–Crippen MR) is 110 cm³/mol. The number of hydrogen-bond acceptors (Lipinski definition) is 3. The second kappa shape index (κ2) is 7.14. The Morgan fingerprint density at radius 3 is 2.77 bits per heavy atom. The molecule has 0 saturated heterocycles. The normalized spacial score (nSPS) is 12.2. The lowest BCUT2D eigenvalue weighted by atomic mass is 10.2. The first-order valence-electron chi connectivity index (χ1n) is 8.53. The molecule has 3 nitrogen and oxygen atoms in total. The van der Waals surface area contributed by atoms with Crippen LogP contribution in [-0.2, 0) is 0 Å². The molecule has 3 heterocycles. The summed E-state index contributed by atoms with van der Waals surface area (Å²) in [6.45, 7) is 4.26. The van der Waals surface area contributed by atoms with E-state index in [4.69, 9.17) is 16.6 Å². The third kappa shape index (κ3) is 3.11. The lowest BCUT2D eigenvalue weighted by Crippen LogP contribution is -1.90. The van der Waals surface area contributed by atoms with E-state index in [9.17, 15) is 0 Å². The van der Waals surface area contributed by atoms with Gasteiger partial charge in [-0.3, -0.25) is 9.38 Å². The van der Waals surface area contributed by atoms with Crippen molar-refractivity contribution in [2.45, 2.75) is 30.2 Å². The van der Waals surface area contributed by atoms with Gasteiger partial charge < -0.3 is 0 Å². The van der Waals surface area contributed by atoms with Crippen LogP contribution in [0.1, 0.15) is 26.0 Å². The summed E-state index contributed by atoms with van der Waals surface area (Å²) in [6, 6.07) is 14.0. The summed E-state index contributed by atoms with van der Waals surface area (Å²) in [4.78, 5) is 10.6. The molecule has 0 unspecified atom stereocenters. The molecule has 5 heteroatoms. The highest BCUT2D eigenvalue weighted by molar-refractivity contribution is 7.99. The molecule has 0 aliphatic carbocycles.